The van der Waals surface area contributed by atoms with Gasteiger partial charge in [0.05, 0.1) is 6.61 Å². The molecule has 2 aromatic carbocycles. The Morgan fingerprint density at radius 2 is 1.64 bits per heavy atom. The molecule has 0 amide bonds. The van der Waals surface area contributed by atoms with Crippen molar-refractivity contribution >= 4 is 5.97 Å². The van der Waals surface area contributed by atoms with E-state index in [0.29, 0.717) is 19.6 Å². The number of hydrogen-bond acceptors (Lipinski definition) is 4. The summed E-state index contributed by atoms with van der Waals surface area (Å²) in [7, 11) is 1.78. The summed E-state index contributed by atoms with van der Waals surface area (Å²) in [5.41, 5.74) is 2.59. The van der Waals surface area contributed by atoms with E-state index in [2.05, 4.69) is 36.4 Å². The van der Waals surface area contributed by atoms with E-state index in [-0.39, 0.29) is 5.97 Å². The molecule has 0 bridgehead atoms. The SMILES string of the molecule is CCC(=O)ON(C)CCCCOc1ccc(Cc2ccccc2)cc1. The lowest BCUT2D eigenvalue weighted by Crippen LogP contribution is -2.24. The summed E-state index contributed by atoms with van der Waals surface area (Å²) < 4.78 is 5.77. The molecule has 4 heteroatoms. The molecule has 0 atom stereocenters. The quantitative estimate of drug-likeness (QED) is 0.479. The first kappa shape index (κ1) is 19.0. The molecule has 134 valence electrons. The first-order valence-electron chi connectivity index (χ1n) is 8.85. The molecule has 2 aromatic rings. The van der Waals surface area contributed by atoms with E-state index >= 15 is 0 Å². The Balaban J connectivity index is 1.64. The van der Waals surface area contributed by atoms with Gasteiger partial charge < -0.3 is 9.57 Å². The van der Waals surface area contributed by atoms with Crippen molar-refractivity contribution in [1.82, 2.24) is 5.06 Å². The highest BCUT2D eigenvalue weighted by Gasteiger charge is 2.04. The Morgan fingerprint density at radius 1 is 0.960 bits per heavy atom. The van der Waals surface area contributed by atoms with Crippen LogP contribution in [0, 0.1) is 0 Å². The van der Waals surface area contributed by atoms with Crippen molar-refractivity contribution in [3.8, 4) is 5.75 Å². The van der Waals surface area contributed by atoms with Crippen LogP contribution >= 0.6 is 0 Å². The molecule has 0 aliphatic carbocycles. The molecule has 0 aliphatic rings. The van der Waals surface area contributed by atoms with E-state index < -0.39 is 0 Å². The van der Waals surface area contributed by atoms with E-state index in [1.165, 1.54) is 11.1 Å². The summed E-state index contributed by atoms with van der Waals surface area (Å²) in [6.45, 7) is 3.16. The standard InChI is InChI=1S/C21H27NO3/c1-3-21(23)25-22(2)15-7-8-16-24-20-13-11-19(12-14-20)17-18-9-5-4-6-10-18/h4-6,9-14H,3,7-8,15-17H2,1-2H3. The van der Waals surface area contributed by atoms with Crippen molar-refractivity contribution in [3.05, 3.63) is 65.7 Å². The van der Waals surface area contributed by atoms with Crippen LogP contribution in [0.15, 0.2) is 54.6 Å². The Bertz CT molecular complexity index is 625. The van der Waals surface area contributed by atoms with Gasteiger partial charge in [0, 0.05) is 20.0 Å². The first-order chi connectivity index (χ1) is 12.2. The zero-order valence-corrected chi connectivity index (χ0v) is 15.1. The molecule has 0 aromatic heterocycles. The first-order valence-corrected chi connectivity index (χ1v) is 8.85. The fourth-order valence-corrected chi connectivity index (χ4v) is 2.45. The number of benzene rings is 2. The Kier molecular flexibility index (Phi) is 7.99. The minimum atomic E-state index is -0.200. The predicted octanol–water partition coefficient (Wildman–Crippen LogP) is 4.24. The van der Waals surface area contributed by atoms with Gasteiger partial charge in [-0.25, -0.2) is 0 Å². The van der Waals surface area contributed by atoms with Crippen LogP contribution in [0.3, 0.4) is 0 Å². The minimum Gasteiger partial charge on any atom is -0.494 e. The van der Waals surface area contributed by atoms with Crippen molar-refractivity contribution in [2.45, 2.75) is 32.6 Å². The smallest absolute Gasteiger partial charge is 0.324 e. The zero-order chi connectivity index (χ0) is 17.9. The second-order valence-corrected chi connectivity index (χ2v) is 6.03. The average Bonchev–Trinajstić information content (AvgIpc) is 2.63. The molecule has 0 fully saturated rings. The number of hydrogen-bond donors (Lipinski definition) is 0. The van der Waals surface area contributed by atoms with Crippen molar-refractivity contribution in [1.29, 1.82) is 0 Å². The molecule has 25 heavy (non-hydrogen) atoms. The van der Waals surface area contributed by atoms with E-state index in [9.17, 15) is 4.79 Å². The van der Waals surface area contributed by atoms with Crippen LogP contribution in [-0.2, 0) is 16.1 Å². The van der Waals surface area contributed by atoms with Crippen molar-refractivity contribution < 1.29 is 14.4 Å². The number of nitrogens with zero attached hydrogens (tertiary/aromatic N) is 1. The predicted molar refractivity (Wildman–Crippen MR) is 99.4 cm³/mol. The van der Waals surface area contributed by atoms with Gasteiger partial charge in [0.2, 0.25) is 0 Å². The summed E-state index contributed by atoms with van der Waals surface area (Å²) in [5, 5.41) is 1.59. The van der Waals surface area contributed by atoms with Crippen LogP contribution < -0.4 is 4.74 Å². The van der Waals surface area contributed by atoms with Gasteiger partial charge in [-0.1, -0.05) is 49.4 Å². The maximum atomic E-state index is 11.2. The average molecular weight is 341 g/mol. The molecular weight excluding hydrogens is 314 g/mol. The Hall–Kier alpha value is -2.33. The van der Waals surface area contributed by atoms with Gasteiger partial charge in [-0.3, -0.25) is 4.79 Å². The number of rotatable bonds is 10. The minimum absolute atomic E-state index is 0.200. The van der Waals surface area contributed by atoms with Crippen LogP contribution in [0.2, 0.25) is 0 Å². The van der Waals surface area contributed by atoms with Gasteiger partial charge in [0.1, 0.15) is 5.75 Å². The highest BCUT2D eigenvalue weighted by molar-refractivity contribution is 5.68. The Labute approximate surface area is 150 Å². The second-order valence-electron chi connectivity index (χ2n) is 6.03. The summed E-state index contributed by atoms with van der Waals surface area (Å²) in [6.07, 6.45) is 3.16. The van der Waals surface area contributed by atoms with Crippen molar-refractivity contribution in [3.63, 3.8) is 0 Å². The lowest BCUT2D eigenvalue weighted by molar-refractivity contribution is -0.183. The molecule has 2 rings (SSSR count). The second kappa shape index (κ2) is 10.5. The maximum absolute atomic E-state index is 11.2. The molecule has 4 nitrogen and oxygen atoms in total. The van der Waals surface area contributed by atoms with Gasteiger partial charge in [-0.15, -0.1) is 5.06 Å². The summed E-state index contributed by atoms with van der Waals surface area (Å²) in [4.78, 5) is 16.2. The zero-order valence-electron chi connectivity index (χ0n) is 15.1. The fourth-order valence-electron chi connectivity index (χ4n) is 2.45. The molecule has 0 N–H and O–H groups in total. The van der Waals surface area contributed by atoms with Crippen molar-refractivity contribution in [2.24, 2.45) is 0 Å². The molecule has 0 aliphatic heterocycles. The molecule has 0 heterocycles. The van der Waals surface area contributed by atoms with Crippen LogP contribution in [0.1, 0.15) is 37.3 Å². The van der Waals surface area contributed by atoms with Gasteiger partial charge in [-0.2, -0.15) is 0 Å². The highest BCUT2D eigenvalue weighted by Crippen LogP contribution is 2.15. The maximum Gasteiger partial charge on any atom is 0.324 e. The third-order valence-electron chi connectivity index (χ3n) is 3.86. The summed E-state index contributed by atoms with van der Waals surface area (Å²) >= 11 is 0. The van der Waals surface area contributed by atoms with E-state index in [1.807, 2.05) is 18.2 Å². The summed E-state index contributed by atoms with van der Waals surface area (Å²) in [5.74, 6) is 0.692. The summed E-state index contributed by atoms with van der Waals surface area (Å²) in [6, 6.07) is 18.7. The van der Waals surface area contributed by atoms with Gasteiger partial charge in [-0.05, 0) is 42.5 Å². The van der Waals surface area contributed by atoms with E-state index in [0.717, 1.165) is 25.0 Å². The number of unbranched alkanes of at least 4 members (excludes halogenated alkanes) is 1. The molecule has 0 saturated carbocycles. The number of hydroxylamine groups is 2. The molecule has 0 radical (unpaired) electrons. The van der Waals surface area contributed by atoms with Gasteiger partial charge in [0.25, 0.3) is 0 Å². The van der Waals surface area contributed by atoms with Crippen molar-refractivity contribution in [2.75, 3.05) is 20.2 Å². The largest absolute Gasteiger partial charge is 0.494 e. The van der Waals surface area contributed by atoms with E-state index in [4.69, 9.17) is 9.57 Å². The topological polar surface area (TPSA) is 38.8 Å². The number of carbonyl (C=O) groups excluding carboxylic acids is 1. The lowest BCUT2D eigenvalue weighted by Gasteiger charge is -2.15. The van der Waals surface area contributed by atoms with Crippen LogP contribution in [0.25, 0.3) is 0 Å². The third-order valence-corrected chi connectivity index (χ3v) is 3.86. The molecule has 0 unspecified atom stereocenters. The number of ether oxygens (including phenoxy) is 1. The van der Waals surface area contributed by atoms with Gasteiger partial charge in [0.15, 0.2) is 0 Å². The lowest BCUT2D eigenvalue weighted by atomic mass is 10.1. The number of carbonyl (C=O) groups is 1. The van der Waals surface area contributed by atoms with Gasteiger partial charge >= 0.3 is 5.97 Å². The molecule has 0 spiro atoms. The van der Waals surface area contributed by atoms with Crippen LogP contribution in [-0.4, -0.2) is 31.2 Å². The third kappa shape index (κ3) is 7.40. The molecule has 0 saturated heterocycles. The fraction of sp³-hybridized carbons (Fsp3) is 0.381. The van der Waals surface area contributed by atoms with E-state index in [1.54, 1.807) is 19.0 Å². The van der Waals surface area contributed by atoms with Crippen LogP contribution in [0.5, 0.6) is 5.75 Å². The van der Waals surface area contributed by atoms with Crippen LogP contribution in [0.4, 0.5) is 0 Å². The highest BCUT2D eigenvalue weighted by atomic mass is 16.7. The Morgan fingerprint density at radius 3 is 2.32 bits per heavy atom. The normalized spacial score (nSPS) is 10.7. The molecular formula is C21H27NO3. The monoisotopic (exact) mass is 341 g/mol.